The van der Waals surface area contributed by atoms with E-state index in [0.717, 1.165) is 22.5 Å². The fourth-order valence-corrected chi connectivity index (χ4v) is 9.26. The fraction of sp³-hybridized carbons (Fsp3) is 0.143. The molecule has 0 amide bonds. The van der Waals surface area contributed by atoms with Crippen molar-refractivity contribution < 1.29 is 4.74 Å². The van der Waals surface area contributed by atoms with Crippen molar-refractivity contribution in [3.8, 4) is 28.0 Å². The van der Waals surface area contributed by atoms with Crippen molar-refractivity contribution in [3.63, 3.8) is 0 Å². The first kappa shape index (κ1) is 35.8. The molecule has 0 bridgehead atoms. The lowest BCUT2D eigenvalue weighted by Gasteiger charge is -2.30. The first-order chi connectivity index (χ1) is 28.1. The molecular formula is C56H47NO. The molecule has 0 spiro atoms. The van der Waals surface area contributed by atoms with Crippen LogP contribution < -0.4 is 9.64 Å². The summed E-state index contributed by atoms with van der Waals surface area (Å²) < 4.78 is 6.19. The van der Waals surface area contributed by atoms with E-state index in [-0.39, 0.29) is 5.41 Å². The van der Waals surface area contributed by atoms with Gasteiger partial charge >= 0.3 is 0 Å². The fourth-order valence-electron chi connectivity index (χ4n) is 9.26. The van der Waals surface area contributed by atoms with Crippen molar-refractivity contribution in [2.75, 3.05) is 12.0 Å². The molecule has 10 aromatic rings. The van der Waals surface area contributed by atoms with Crippen LogP contribution in [-0.2, 0) is 5.41 Å². The Morgan fingerprint density at radius 2 is 0.966 bits per heavy atom. The van der Waals surface area contributed by atoms with Gasteiger partial charge in [-0.25, -0.2) is 0 Å². The second-order valence-corrected chi connectivity index (χ2v) is 17.2. The second-order valence-electron chi connectivity index (χ2n) is 17.2. The third kappa shape index (κ3) is 5.78. The van der Waals surface area contributed by atoms with Gasteiger partial charge in [0, 0.05) is 32.9 Å². The molecule has 282 valence electrons. The number of aryl methyl sites for hydroxylation is 3. The largest absolute Gasteiger partial charge is 0.496 e. The standard InChI is InChI=1S/C56H47NO/c1-34-16-22-42(23-17-34)57(43-24-18-35(2)19-25-43)55-47-14-10-8-12-44(47)53(45-13-9-11-15-48(45)55)40-29-36(3)28-39(30-40)50-33-51(58-7)49-27-21-38-32-41(56(4,5)6)31-37-20-26-46(50)54(49)52(37)38/h8-33H,1-7H3. The zero-order valence-corrected chi connectivity index (χ0v) is 34.4. The van der Waals surface area contributed by atoms with Crippen molar-refractivity contribution in [2.24, 2.45) is 0 Å². The highest BCUT2D eigenvalue weighted by molar-refractivity contribution is 6.27. The minimum Gasteiger partial charge on any atom is -0.496 e. The zero-order chi connectivity index (χ0) is 39.9. The van der Waals surface area contributed by atoms with Crippen LogP contribution in [0.1, 0.15) is 43.0 Å². The predicted octanol–water partition coefficient (Wildman–Crippen LogP) is 15.9. The number of nitrogens with zero attached hydrogens (tertiary/aromatic N) is 1. The minimum atomic E-state index is 0.0530. The summed E-state index contributed by atoms with van der Waals surface area (Å²) in [4.78, 5) is 2.44. The number of hydrogen-bond acceptors (Lipinski definition) is 2. The highest BCUT2D eigenvalue weighted by Crippen LogP contribution is 2.50. The van der Waals surface area contributed by atoms with Gasteiger partial charge in [-0.2, -0.15) is 0 Å². The Bertz CT molecular complexity index is 3080. The molecule has 2 nitrogen and oxygen atoms in total. The Morgan fingerprint density at radius 1 is 0.448 bits per heavy atom. The number of methoxy groups -OCH3 is 1. The Morgan fingerprint density at radius 3 is 1.50 bits per heavy atom. The van der Waals surface area contributed by atoms with Crippen LogP contribution in [0.15, 0.2) is 158 Å². The molecular weight excluding hydrogens is 703 g/mol. The molecule has 0 saturated heterocycles. The van der Waals surface area contributed by atoms with E-state index in [1.54, 1.807) is 7.11 Å². The topological polar surface area (TPSA) is 12.5 Å². The third-order valence-electron chi connectivity index (χ3n) is 12.2. The normalized spacial score (nSPS) is 12.1. The number of ether oxygens (including phenoxy) is 1. The summed E-state index contributed by atoms with van der Waals surface area (Å²) in [6, 6.07) is 59.0. The minimum absolute atomic E-state index is 0.0530. The summed E-state index contributed by atoms with van der Waals surface area (Å²) in [5.74, 6) is 0.896. The maximum Gasteiger partial charge on any atom is 0.127 e. The van der Waals surface area contributed by atoms with Crippen LogP contribution in [0.5, 0.6) is 5.75 Å². The van der Waals surface area contributed by atoms with Crippen molar-refractivity contribution in [2.45, 2.75) is 47.0 Å². The molecule has 2 heteroatoms. The summed E-state index contributed by atoms with van der Waals surface area (Å²) in [5, 5.41) is 12.4. The number of fused-ring (bicyclic) bond motifs is 2. The van der Waals surface area contributed by atoms with Crippen molar-refractivity contribution >= 4 is 70.9 Å². The first-order valence-electron chi connectivity index (χ1n) is 20.4. The Hall–Kier alpha value is -6.64. The summed E-state index contributed by atoms with van der Waals surface area (Å²) in [6.45, 7) is 13.4. The number of hydrogen-bond donors (Lipinski definition) is 0. The Labute approximate surface area is 341 Å². The summed E-state index contributed by atoms with van der Waals surface area (Å²) in [5.41, 5.74) is 13.3. The number of rotatable bonds is 6. The molecule has 10 rings (SSSR count). The van der Waals surface area contributed by atoms with Crippen LogP contribution in [0.25, 0.3) is 76.1 Å². The van der Waals surface area contributed by atoms with Gasteiger partial charge in [-0.05, 0) is 134 Å². The van der Waals surface area contributed by atoms with Gasteiger partial charge in [0.1, 0.15) is 5.75 Å². The lowest BCUT2D eigenvalue weighted by Crippen LogP contribution is -2.11. The SMILES string of the molecule is COc1cc(-c2cc(C)cc(-c3c4ccccc4c(N(c4ccc(C)cc4)c4ccc(C)cc4)c4ccccc34)c2)c2ccc3cc(C(C)(C)C)cc4ccc1c2c43. The lowest BCUT2D eigenvalue weighted by atomic mass is 9.82. The van der Waals surface area contributed by atoms with Gasteiger partial charge in [-0.15, -0.1) is 0 Å². The average Bonchev–Trinajstić information content (AvgIpc) is 3.23. The molecule has 0 fully saturated rings. The van der Waals surface area contributed by atoms with E-state index in [1.807, 2.05) is 0 Å². The molecule has 0 aliphatic rings. The molecule has 58 heavy (non-hydrogen) atoms. The van der Waals surface area contributed by atoms with Gasteiger partial charge in [0.05, 0.1) is 12.8 Å². The summed E-state index contributed by atoms with van der Waals surface area (Å²) in [6.07, 6.45) is 0. The van der Waals surface area contributed by atoms with Crippen LogP contribution in [0.2, 0.25) is 0 Å². The van der Waals surface area contributed by atoms with Crippen molar-refractivity contribution in [1.29, 1.82) is 0 Å². The van der Waals surface area contributed by atoms with Crippen LogP contribution in [0.3, 0.4) is 0 Å². The Balaban J connectivity index is 1.24. The van der Waals surface area contributed by atoms with Crippen molar-refractivity contribution in [1.82, 2.24) is 0 Å². The van der Waals surface area contributed by atoms with Gasteiger partial charge < -0.3 is 9.64 Å². The molecule has 0 radical (unpaired) electrons. The molecule has 0 heterocycles. The molecule has 0 aliphatic heterocycles. The lowest BCUT2D eigenvalue weighted by molar-refractivity contribution is 0.420. The van der Waals surface area contributed by atoms with Crippen LogP contribution in [0.4, 0.5) is 17.1 Å². The smallest absolute Gasteiger partial charge is 0.127 e. The van der Waals surface area contributed by atoms with Crippen LogP contribution in [0, 0.1) is 20.8 Å². The molecule has 0 atom stereocenters. The summed E-state index contributed by atoms with van der Waals surface area (Å²) >= 11 is 0. The third-order valence-corrected chi connectivity index (χ3v) is 12.2. The zero-order valence-electron chi connectivity index (χ0n) is 34.4. The van der Waals surface area contributed by atoms with Gasteiger partial charge in [0.15, 0.2) is 0 Å². The van der Waals surface area contributed by atoms with Crippen LogP contribution in [-0.4, -0.2) is 7.11 Å². The van der Waals surface area contributed by atoms with Gasteiger partial charge in [-0.3, -0.25) is 0 Å². The quantitative estimate of drug-likeness (QED) is 0.124. The molecule has 0 unspecified atom stereocenters. The van der Waals surface area contributed by atoms with E-state index in [2.05, 4.69) is 204 Å². The van der Waals surface area contributed by atoms with E-state index in [4.69, 9.17) is 4.74 Å². The average molecular weight is 750 g/mol. The molecule has 0 aliphatic carbocycles. The number of anilines is 3. The summed E-state index contributed by atoms with van der Waals surface area (Å²) in [7, 11) is 1.80. The second kappa shape index (κ2) is 13.5. The van der Waals surface area contributed by atoms with E-state index in [1.165, 1.54) is 98.7 Å². The Kier molecular flexibility index (Phi) is 8.32. The van der Waals surface area contributed by atoms with Gasteiger partial charge in [-0.1, -0.05) is 147 Å². The van der Waals surface area contributed by atoms with E-state index in [0.29, 0.717) is 0 Å². The van der Waals surface area contributed by atoms with E-state index in [9.17, 15) is 0 Å². The monoisotopic (exact) mass is 749 g/mol. The van der Waals surface area contributed by atoms with Crippen LogP contribution >= 0.6 is 0 Å². The highest BCUT2D eigenvalue weighted by atomic mass is 16.5. The maximum atomic E-state index is 6.19. The molecule has 0 N–H and O–H groups in total. The van der Waals surface area contributed by atoms with E-state index >= 15 is 0 Å². The molecule has 10 aromatic carbocycles. The molecule has 0 saturated carbocycles. The van der Waals surface area contributed by atoms with Crippen molar-refractivity contribution in [3.05, 3.63) is 180 Å². The van der Waals surface area contributed by atoms with Gasteiger partial charge in [0.25, 0.3) is 0 Å². The van der Waals surface area contributed by atoms with E-state index < -0.39 is 0 Å². The predicted molar refractivity (Wildman–Crippen MR) is 250 cm³/mol. The van der Waals surface area contributed by atoms with Gasteiger partial charge in [0.2, 0.25) is 0 Å². The number of benzene rings is 10. The molecule has 0 aromatic heterocycles. The maximum absolute atomic E-state index is 6.19. The highest BCUT2D eigenvalue weighted by Gasteiger charge is 2.24. The first-order valence-corrected chi connectivity index (χ1v) is 20.4.